The van der Waals surface area contributed by atoms with Crippen molar-refractivity contribution in [1.82, 2.24) is 0 Å². The number of hydrogen-bond acceptors (Lipinski definition) is 4. The molecule has 20 heavy (non-hydrogen) atoms. The van der Waals surface area contributed by atoms with E-state index < -0.39 is 4.92 Å². The normalized spacial score (nSPS) is 10.1. The average Bonchev–Trinajstić information content (AvgIpc) is 2.41. The smallest absolute Gasteiger partial charge is 0.269 e. The number of allylic oxidation sites excluding steroid dienone is 1. The maximum absolute atomic E-state index is 10.6. The first-order chi connectivity index (χ1) is 9.47. The molecule has 0 bridgehead atoms. The van der Waals surface area contributed by atoms with E-state index in [1.165, 1.54) is 30.3 Å². The van der Waals surface area contributed by atoms with Crippen molar-refractivity contribution in [2.45, 2.75) is 6.92 Å². The molecule has 0 aromatic heterocycles. The summed E-state index contributed by atoms with van der Waals surface area (Å²) in [6.45, 7) is 5.56. The molecule has 102 valence electrons. The van der Waals surface area contributed by atoms with Crippen molar-refractivity contribution in [1.29, 1.82) is 0 Å². The number of non-ortho nitro benzene ring substituents is 1. The average molecular weight is 271 g/mol. The van der Waals surface area contributed by atoms with E-state index in [1.54, 1.807) is 19.1 Å². The number of ether oxygens (including phenoxy) is 1. The molecule has 0 aliphatic heterocycles. The maximum Gasteiger partial charge on any atom is 0.269 e. The van der Waals surface area contributed by atoms with Gasteiger partial charge < -0.3 is 9.84 Å². The van der Waals surface area contributed by atoms with Gasteiger partial charge in [0.2, 0.25) is 0 Å². The third-order valence-corrected chi connectivity index (χ3v) is 2.71. The Labute approximate surface area is 115 Å². The van der Waals surface area contributed by atoms with Gasteiger partial charge in [0.25, 0.3) is 5.69 Å². The van der Waals surface area contributed by atoms with E-state index in [1.807, 2.05) is 0 Å². The first kappa shape index (κ1) is 13.6. The molecule has 0 atom stereocenters. The Morgan fingerprint density at radius 3 is 2.35 bits per heavy atom. The summed E-state index contributed by atoms with van der Waals surface area (Å²) < 4.78 is 5.58. The molecule has 2 aromatic rings. The second-order valence-corrected chi connectivity index (χ2v) is 4.31. The highest BCUT2D eigenvalue weighted by Gasteiger charge is 2.07. The summed E-state index contributed by atoms with van der Waals surface area (Å²) in [4.78, 5) is 10.1. The number of phenols is 1. The standard InChI is InChI=1S/C15H13NO4/c1-10(2)14-9-13(7-8-15(14)17)20-12-5-3-11(4-6-12)16(18)19/h3-9,17H,1H2,2H3. The summed E-state index contributed by atoms with van der Waals surface area (Å²) in [5, 5.41) is 20.2. The first-order valence-corrected chi connectivity index (χ1v) is 5.88. The van der Waals surface area contributed by atoms with Crippen molar-refractivity contribution in [2.75, 3.05) is 0 Å². The Morgan fingerprint density at radius 2 is 1.80 bits per heavy atom. The highest BCUT2D eigenvalue weighted by atomic mass is 16.6. The fourth-order valence-electron chi connectivity index (χ4n) is 1.69. The zero-order chi connectivity index (χ0) is 14.7. The van der Waals surface area contributed by atoms with E-state index in [-0.39, 0.29) is 11.4 Å². The third kappa shape index (κ3) is 2.95. The molecule has 0 heterocycles. The van der Waals surface area contributed by atoms with Crippen molar-refractivity contribution in [2.24, 2.45) is 0 Å². The number of phenolic OH excluding ortho intramolecular Hbond substituents is 1. The number of rotatable bonds is 4. The molecule has 0 aliphatic carbocycles. The Hall–Kier alpha value is -2.82. The lowest BCUT2D eigenvalue weighted by Crippen LogP contribution is -1.89. The van der Waals surface area contributed by atoms with Gasteiger partial charge in [0.15, 0.2) is 0 Å². The van der Waals surface area contributed by atoms with Crippen LogP contribution in [0.15, 0.2) is 49.0 Å². The third-order valence-electron chi connectivity index (χ3n) is 2.71. The van der Waals surface area contributed by atoms with Gasteiger partial charge in [-0.05, 0) is 42.8 Å². The summed E-state index contributed by atoms with van der Waals surface area (Å²) in [5.41, 5.74) is 1.33. The van der Waals surface area contributed by atoms with E-state index in [0.29, 0.717) is 17.1 Å². The van der Waals surface area contributed by atoms with Crippen molar-refractivity contribution < 1.29 is 14.8 Å². The summed E-state index contributed by atoms with van der Waals surface area (Å²) in [6, 6.07) is 10.6. The van der Waals surface area contributed by atoms with Crippen LogP contribution < -0.4 is 4.74 Å². The molecular weight excluding hydrogens is 258 g/mol. The molecule has 0 radical (unpaired) electrons. The zero-order valence-electron chi connectivity index (χ0n) is 10.9. The predicted molar refractivity (Wildman–Crippen MR) is 76.0 cm³/mol. The van der Waals surface area contributed by atoms with Crippen LogP contribution >= 0.6 is 0 Å². The van der Waals surface area contributed by atoms with Crippen LogP contribution in [0.2, 0.25) is 0 Å². The molecule has 5 heteroatoms. The van der Waals surface area contributed by atoms with Crippen LogP contribution in [0, 0.1) is 10.1 Å². The Morgan fingerprint density at radius 1 is 1.20 bits per heavy atom. The monoisotopic (exact) mass is 271 g/mol. The van der Waals surface area contributed by atoms with Crippen molar-refractivity contribution in [3.8, 4) is 17.2 Å². The quantitative estimate of drug-likeness (QED) is 0.670. The van der Waals surface area contributed by atoms with E-state index >= 15 is 0 Å². The van der Waals surface area contributed by atoms with Crippen LogP contribution in [0.1, 0.15) is 12.5 Å². The van der Waals surface area contributed by atoms with Gasteiger partial charge in [0, 0.05) is 17.7 Å². The highest BCUT2D eigenvalue weighted by Crippen LogP contribution is 2.31. The van der Waals surface area contributed by atoms with E-state index in [0.717, 1.165) is 5.57 Å². The number of nitro benzene ring substituents is 1. The molecule has 0 fully saturated rings. The largest absolute Gasteiger partial charge is 0.507 e. The minimum absolute atomic E-state index is 0.00526. The van der Waals surface area contributed by atoms with Crippen molar-refractivity contribution in [3.05, 3.63) is 64.7 Å². The summed E-state index contributed by atoms with van der Waals surface area (Å²) >= 11 is 0. The molecule has 0 amide bonds. The number of aromatic hydroxyl groups is 1. The fraction of sp³-hybridized carbons (Fsp3) is 0.0667. The molecule has 0 unspecified atom stereocenters. The van der Waals surface area contributed by atoms with Crippen LogP contribution in [-0.4, -0.2) is 10.0 Å². The van der Waals surface area contributed by atoms with Gasteiger partial charge >= 0.3 is 0 Å². The molecule has 0 saturated carbocycles. The number of nitro groups is 1. The second-order valence-electron chi connectivity index (χ2n) is 4.31. The zero-order valence-corrected chi connectivity index (χ0v) is 10.9. The van der Waals surface area contributed by atoms with E-state index in [4.69, 9.17) is 4.74 Å². The van der Waals surface area contributed by atoms with Crippen LogP contribution in [0.25, 0.3) is 5.57 Å². The van der Waals surface area contributed by atoms with E-state index in [2.05, 4.69) is 6.58 Å². The summed E-state index contributed by atoms with van der Waals surface area (Å²) in [7, 11) is 0. The Bertz CT molecular complexity index is 662. The van der Waals surface area contributed by atoms with Crippen LogP contribution in [0.4, 0.5) is 5.69 Å². The van der Waals surface area contributed by atoms with E-state index in [9.17, 15) is 15.2 Å². The lowest BCUT2D eigenvalue weighted by molar-refractivity contribution is -0.384. The van der Waals surface area contributed by atoms with Gasteiger partial charge in [-0.25, -0.2) is 0 Å². The van der Waals surface area contributed by atoms with Crippen LogP contribution in [-0.2, 0) is 0 Å². The minimum atomic E-state index is -0.469. The van der Waals surface area contributed by atoms with Gasteiger partial charge in [0.1, 0.15) is 17.2 Å². The molecule has 2 rings (SSSR count). The molecule has 0 spiro atoms. The van der Waals surface area contributed by atoms with Gasteiger partial charge in [0.05, 0.1) is 4.92 Å². The molecule has 5 nitrogen and oxygen atoms in total. The Kier molecular flexibility index (Phi) is 3.70. The maximum atomic E-state index is 10.6. The lowest BCUT2D eigenvalue weighted by atomic mass is 10.1. The molecule has 0 aliphatic rings. The SMILES string of the molecule is C=C(C)c1cc(Oc2ccc([N+](=O)[O-])cc2)ccc1O. The van der Waals surface area contributed by atoms with Gasteiger partial charge in [-0.2, -0.15) is 0 Å². The lowest BCUT2D eigenvalue weighted by Gasteiger charge is -2.09. The number of benzene rings is 2. The van der Waals surface area contributed by atoms with Crippen LogP contribution in [0.3, 0.4) is 0 Å². The second kappa shape index (κ2) is 5.44. The molecule has 0 saturated heterocycles. The predicted octanol–water partition coefficient (Wildman–Crippen LogP) is 4.13. The molecule has 1 N–H and O–H groups in total. The molecule has 2 aromatic carbocycles. The first-order valence-electron chi connectivity index (χ1n) is 5.88. The minimum Gasteiger partial charge on any atom is -0.507 e. The van der Waals surface area contributed by atoms with Gasteiger partial charge in [-0.3, -0.25) is 10.1 Å². The molecular formula is C15H13NO4. The fourth-order valence-corrected chi connectivity index (χ4v) is 1.69. The highest BCUT2D eigenvalue weighted by molar-refractivity contribution is 5.68. The summed E-state index contributed by atoms with van der Waals surface area (Å²) in [5.74, 6) is 1.14. The van der Waals surface area contributed by atoms with Crippen molar-refractivity contribution in [3.63, 3.8) is 0 Å². The van der Waals surface area contributed by atoms with Gasteiger partial charge in [-0.1, -0.05) is 6.58 Å². The topological polar surface area (TPSA) is 72.6 Å². The van der Waals surface area contributed by atoms with Gasteiger partial charge in [-0.15, -0.1) is 0 Å². The number of nitrogens with zero attached hydrogens (tertiary/aromatic N) is 1. The number of hydrogen-bond donors (Lipinski definition) is 1. The van der Waals surface area contributed by atoms with Crippen molar-refractivity contribution >= 4 is 11.3 Å². The summed E-state index contributed by atoms with van der Waals surface area (Å²) in [6.07, 6.45) is 0. The van der Waals surface area contributed by atoms with Crippen LogP contribution in [0.5, 0.6) is 17.2 Å². The Balaban J connectivity index is 2.23.